The average molecular weight is 325 g/mol. The van der Waals surface area contributed by atoms with Gasteiger partial charge in [-0.25, -0.2) is 0 Å². The van der Waals surface area contributed by atoms with Gasteiger partial charge in [-0.1, -0.05) is 12.1 Å². The second kappa shape index (κ2) is 7.47. The standard InChI is InChI=1S/C18H19N3O3/c1-12-8-13(2)21(18(23)16(12)9-19)11-17(22)20-10-14-4-6-15(24-3)7-5-14/h4-8H,10-11H2,1-3H3,(H,20,22). The zero-order chi connectivity index (χ0) is 17.7. The number of nitrogens with zero attached hydrogens (tertiary/aromatic N) is 2. The molecule has 0 unspecified atom stereocenters. The van der Waals surface area contributed by atoms with Crippen molar-refractivity contribution in [1.82, 2.24) is 9.88 Å². The molecule has 1 amide bonds. The van der Waals surface area contributed by atoms with Crippen LogP contribution in [0.3, 0.4) is 0 Å². The number of carbonyl (C=O) groups excluding carboxylic acids is 1. The lowest BCUT2D eigenvalue weighted by molar-refractivity contribution is -0.121. The van der Waals surface area contributed by atoms with Gasteiger partial charge in [0.05, 0.1) is 7.11 Å². The third kappa shape index (κ3) is 3.82. The molecule has 0 atom stereocenters. The van der Waals surface area contributed by atoms with E-state index in [1.165, 1.54) is 4.57 Å². The first-order valence-corrected chi connectivity index (χ1v) is 7.47. The molecule has 6 nitrogen and oxygen atoms in total. The fourth-order valence-corrected chi connectivity index (χ4v) is 2.40. The molecule has 2 rings (SSSR count). The molecule has 124 valence electrons. The molecule has 0 saturated heterocycles. The van der Waals surface area contributed by atoms with Gasteiger partial charge in [0.25, 0.3) is 5.56 Å². The molecular formula is C18H19N3O3. The van der Waals surface area contributed by atoms with Gasteiger partial charge in [0.2, 0.25) is 5.91 Å². The van der Waals surface area contributed by atoms with E-state index in [1.54, 1.807) is 27.0 Å². The number of aryl methyl sites for hydroxylation is 2. The molecule has 1 heterocycles. The third-order valence-corrected chi connectivity index (χ3v) is 3.77. The Morgan fingerprint density at radius 3 is 2.54 bits per heavy atom. The second-order valence-electron chi connectivity index (χ2n) is 5.47. The number of rotatable bonds is 5. The molecule has 1 aromatic heterocycles. The van der Waals surface area contributed by atoms with Gasteiger partial charge in [-0.2, -0.15) is 5.26 Å². The molecule has 24 heavy (non-hydrogen) atoms. The zero-order valence-electron chi connectivity index (χ0n) is 13.9. The molecule has 0 radical (unpaired) electrons. The average Bonchev–Trinajstić information content (AvgIpc) is 2.57. The monoisotopic (exact) mass is 325 g/mol. The molecule has 0 spiro atoms. The number of ether oxygens (including phenoxy) is 1. The molecule has 1 aromatic carbocycles. The molecular weight excluding hydrogens is 306 g/mol. The van der Waals surface area contributed by atoms with Crippen LogP contribution < -0.4 is 15.6 Å². The fourth-order valence-electron chi connectivity index (χ4n) is 2.40. The molecule has 0 aliphatic carbocycles. The number of carbonyl (C=O) groups is 1. The molecule has 0 fully saturated rings. The van der Waals surface area contributed by atoms with Crippen LogP contribution in [0.1, 0.15) is 22.4 Å². The minimum atomic E-state index is -0.436. The molecule has 0 aliphatic rings. The van der Waals surface area contributed by atoms with E-state index in [0.717, 1.165) is 11.3 Å². The van der Waals surface area contributed by atoms with Gasteiger partial charge >= 0.3 is 0 Å². The summed E-state index contributed by atoms with van der Waals surface area (Å²) >= 11 is 0. The number of pyridine rings is 1. The van der Waals surface area contributed by atoms with E-state index < -0.39 is 5.56 Å². The van der Waals surface area contributed by atoms with Gasteiger partial charge in [-0.05, 0) is 43.2 Å². The van der Waals surface area contributed by atoms with Crippen molar-refractivity contribution in [1.29, 1.82) is 5.26 Å². The van der Waals surface area contributed by atoms with Crippen LogP contribution in [0.4, 0.5) is 0 Å². The SMILES string of the molecule is COc1ccc(CNC(=O)Cn2c(C)cc(C)c(C#N)c2=O)cc1. The number of amides is 1. The van der Waals surface area contributed by atoms with Crippen molar-refractivity contribution in [2.45, 2.75) is 26.9 Å². The summed E-state index contributed by atoms with van der Waals surface area (Å²) in [7, 11) is 1.59. The lowest BCUT2D eigenvalue weighted by Crippen LogP contribution is -2.34. The number of nitrogens with one attached hydrogen (secondary N) is 1. The minimum Gasteiger partial charge on any atom is -0.497 e. The lowest BCUT2D eigenvalue weighted by Gasteiger charge is -2.12. The lowest BCUT2D eigenvalue weighted by atomic mass is 10.1. The number of hydrogen-bond acceptors (Lipinski definition) is 4. The van der Waals surface area contributed by atoms with Crippen molar-refractivity contribution < 1.29 is 9.53 Å². The zero-order valence-corrected chi connectivity index (χ0v) is 13.9. The van der Waals surface area contributed by atoms with Crippen molar-refractivity contribution in [2.24, 2.45) is 0 Å². The van der Waals surface area contributed by atoms with E-state index in [9.17, 15) is 9.59 Å². The Hall–Kier alpha value is -3.07. The summed E-state index contributed by atoms with van der Waals surface area (Å²) in [5.41, 5.74) is 1.83. The largest absolute Gasteiger partial charge is 0.497 e. The van der Waals surface area contributed by atoms with E-state index in [-0.39, 0.29) is 18.0 Å². The smallest absolute Gasteiger partial charge is 0.269 e. The first kappa shape index (κ1) is 17.3. The number of nitriles is 1. The Balaban J connectivity index is 2.07. The predicted molar refractivity (Wildman–Crippen MR) is 89.7 cm³/mol. The van der Waals surface area contributed by atoms with E-state index in [2.05, 4.69) is 5.32 Å². The predicted octanol–water partition coefficient (Wildman–Crippen LogP) is 1.66. The summed E-state index contributed by atoms with van der Waals surface area (Å²) in [5, 5.41) is 11.8. The Labute approximate surface area is 140 Å². The van der Waals surface area contributed by atoms with Crippen molar-refractivity contribution in [2.75, 3.05) is 7.11 Å². The molecule has 0 aliphatic heterocycles. The van der Waals surface area contributed by atoms with Crippen LogP contribution in [0.25, 0.3) is 0 Å². The molecule has 2 aromatic rings. The molecule has 1 N–H and O–H groups in total. The summed E-state index contributed by atoms with van der Waals surface area (Å²) in [4.78, 5) is 24.4. The van der Waals surface area contributed by atoms with E-state index >= 15 is 0 Å². The highest BCUT2D eigenvalue weighted by molar-refractivity contribution is 5.75. The van der Waals surface area contributed by atoms with Crippen molar-refractivity contribution in [3.63, 3.8) is 0 Å². The summed E-state index contributed by atoms with van der Waals surface area (Å²) in [6.07, 6.45) is 0. The third-order valence-electron chi connectivity index (χ3n) is 3.77. The molecule has 6 heteroatoms. The summed E-state index contributed by atoms with van der Waals surface area (Å²) in [5.74, 6) is 0.458. The van der Waals surface area contributed by atoms with E-state index in [0.29, 0.717) is 17.8 Å². The van der Waals surface area contributed by atoms with Gasteiger partial charge in [-0.15, -0.1) is 0 Å². The normalized spacial score (nSPS) is 10.1. The number of aromatic nitrogens is 1. The van der Waals surface area contributed by atoms with Crippen molar-refractivity contribution in [3.8, 4) is 11.8 Å². The highest BCUT2D eigenvalue weighted by Gasteiger charge is 2.12. The van der Waals surface area contributed by atoms with Gasteiger partial charge in [0.15, 0.2) is 0 Å². The highest BCUT2D eigenvalue weighted by Crippen LogP contribution is 2.11. The van der Waals surface area contributed by atoms with Crippen LogP contribution in [-0.2, 0) is 17.9 Å². The van der Waals surface area contributed by atoms with Gasteiger partial charge in [-0.3, -0.25) is 9.59 Å². The van der Waals surface area contributed by atoms with Crippen molar-refractivity contribution in [3.05, 3.63) is 63.1 Å². The minimum absolute atomic E-state index is 0.0727. The maximum Gasteiger partial charge on any atom is 0.269 e. The van der Waals surface area contributed by atoms with E-state index in [1.807, 2.05) is 30.3 Å². The van der Waals surface area contributed by atoms with E-state index in [4.69, 9.17) is 10.00 Å². The number of hydrogen-bond donors (Lipinski definition) is 1. The Morgan fingerprint density at radius 2 is 1.96 bits per heavy atom. The Morgan fingerprint density at radius 1 is 1.29 bits per heavy atom. The number of benzene rings is 1. The Kier molecular flexibility index (Phi) is 5.38. The van der Waals surface area contributed by atoms with Crippen LogP contribution in [0, 0.1) is 25.2 Å². The maximum absolute atomic E-state index is 12.3. The van der Waals surface area contributed by atoms with Crippen LogP contribution in [0.5, 0.6) is 5.75 Å². The topological polar surface area (TPSA) is 84.1 Å². The van der Waals surface area contributed by atoms with Crippen molar-refractivity contribution >= 4 is 5.91 Å². The molecule has 0 bridgehead atoms. The summed E-state index contributed by atoms with van der Waals surface area (Å²) < 4.78 is 6.39. The first-order chi connectivity index (χ1) is 11.5. The fraction of sp³-hybridized carbons (Fsp3) is 0.278. The summed E-state index contributed by atoms with van der Waals surface area (Å²) in [6, 6.07) is 11.0. The first-order valence-electron chi connectivity index (χ1n) is 7.47. The summed E-state index contributed by atoms with van der Waals surface area (Å²) in [6.45, 7) is 3.69. The van der Waals surface area contributed by atoms with Gasteiger partial charge < -0.3 is 14.6 Å². The maximum atomic E-state index is 12.3. The number of methoxy groups -OCH3 is 1. The van der Waals surface area contributed by atoms with Crippen LogP contribution in [0.15, 0.2) is 35.1 Å². The van der Waals surface area contributed by atoms with Crippen LogP contribution in [-0.4, -0.2) is 17.6 Å². The Bertz CT molecular complexity index is 846. The quantitative estimate of drug-likeness (QED) is 0.906. The van der Waals surface area contributed by atoms with Gasteiger partial charge in [0, 0.05) is 12.2 Å². The second-order valence-corrected chi connectivity index (χ2v) is 5.47. The highest BCUT2D eigenvalue weighted by atomic mass is 16.5. The van der Waals surface area contributed by atoms with Gasteiger partial charge in [0.1, 0.15) is 23.9 Å². The molecule has 0 saturated carbocycles. The van der Waals surface area contributed by atoms with Crippen LogP contribution >= 0.6 is 0 Å². The van der Waals surface area contributed by atoms with Crippen LogP contribution in [0.2, 0.25) is 0 Å².